The summed E-state index contributed by atoms with van der Waals surface area (Å²) in [6.07, 6.45) is -0.400. The third-order valence-electron chi connectivity index (χ3n) is 4.20. The Kier molecular flexibility index (Phi) is 5.53. The number of ether oxygens (including phenoxy) is 1. The van der Waals surface area contributed by atoms with Gasteiger partial charge >= 0.3 is 6.09 Å². The van der Waals surface area contributed by atoms with Gasteiger partial charge < -0.3 is 14.5 Å². The van der Waals surface area contributed by atoms with Gasteiger partial charge in [0.15, 0.2) is 0 Å². The Bertz CT molecular complexity index is 726. The fraction of sp³-hybridized carbons (Fsp3) is 0.556. The van der Waals surface area contributed by atoms with Gasteiger partial charge in [0.1, 0.15) is 5.60 Å². The topological polar surface area (TPSA) is 93.0 Å². The summed E-state index contributed by atoms with van der Waals surface area (Å²) in [5.74, 6) is -0.262. The van der Waals surface area contributed by atoms with Crippen LogP contribution in [-0.4, -0.2) is 58.0 Å². The molecule has 142 valence electrons. The molecule has 1 aliphatic rings. The summed E-state index contributed by atoms with van der Waals surface area (Å²) < 4.78 is 5.38. The molecule has 0 saturated carbocycles. The van der Waals surface area contributed by atoms with Crippen molar-refractivity contribution in [2.45, 2.75) is 46.3 Å². The molecule has 0 radical (unpaired) electrons. The van der Waals surface area contributed by atoms with Crippen molar-refractivity contribution in [3.05, 3.63) is 39.4 Å². The van der Waals surface area contributed by atoms with Gasteiger partial charge in [-0.3, -0.25) is 14.9 Å². The third kappa shape index (κ3) is 4.50. The zero-order valence-corrected chi connectivity index (χ0v) is 15.8. The third-order valence-corrected chi connectivity index (χ3v) is 4.20. The Balaban J connectivity index is 2.12. The maximum atomic E-state index is 12.9. The minimum absolute atomic E-state index is 0.112. The zero-order valence-electron chi connectivity index (χ0n) is 15.8. The van der Waals surface area contributed by atoms with Crippen LogP contribution in [0, 0.1) is 17.0 Å². The fourth-order valence-corrected chi connectivity index (χ4v) is 2.86. The van der Waals surface area contributed by atoms with E-state index in [-0.39, 0.29) is 17.6 Å². The van der Waals surface area contributed by atoms with Gasteiger partial charge in [-0.1, -0.05) is 6.07 Å². The summed E-state index contributed by atoms with van der Waals surface area (Å²) in [7, 11) is 0. The van der Waals surface area contributed by atoms with E-state index in [1.54, 1.807) is 43.6 Å². The van der Waals surface area contributed by atoms with Crippen molar-refractivity contribution in [3.63, 3.8) is 0 Å². The summed E-state index contributed by atoms with van der Waals surface area (Å²) in [5.41, 5.74) is 0.311. The molecule has 1 heterocycles. The quantitative estimate of drug-likeness (QED) is 0.595. The number of carbonyl (C=O) groups excluding carboxylic acids is 2. The summed E-state index contributed by atoms with van der Waals surface area (Å²) in [6.45, 7) is 10.1. The predicted molar refractivity (Wildman–Crippen MR) is 96.1 cm³/mol. The lowest BCUT2D eigenvalue weighted by Crippen LogP contribution is -2.56. The fourth-order valence-electron chi connectivity index (χ4n) is 2.86. The first-order valence-electron chi connectivity index (χ1n) is 8.53. The van der Waals surface area contributed by atoms with Crippen LogP contribution < -0.4 is 0 Å². The minimum Gasteiger partial charge on any atom is -0.444 e. The second-order valence-corrected chi connectivity index (χ2v) is 7.53. The second kappa shape index (κ2) is 7.31. The van der Waals surface area contributed by atoms with E-state index in [1.807, 2.05) is 6.92 Å². The average Bonchev–Trinajstić information content (AvgIpc) is 2.52. The van der Waals surface area contributed by atoms with Crippen LogP contribution in [0.5, 0.6) is 0 Å². The van der Waals surface area contributed by atoms with E-state index in [1.165, 1.54) is 12.1 Å². The smallest absolute Gasteiger partial charge is 0.410 e. The Morgan fingerprint density at radius 1 is 1.27 bits per heavy atom. The van der Waals surface area contributed by atoms with Crippen LogP contribution in [0.3, 0.4) is 0 Å². The number of hydrogen-bond acceptors (Lipinski definition) is 5. The maximum Gasteiger partial charge on any atom is 0.410 e. The minimum atomic E-state index is -0.576. The number of benzene rings is 1. The Morgan fingerprint density at radius 3 is 2.46 bits per heavy atom. The average molecular weight is 363 g/mol. The van der Waals surface area contributed by atoms with Crippen LogP contribution in [0.4, 0.5) is 10.5 Å². The van der Waals surface area contributed by atoms with E-state index in [0.29, 0.717) is 30.8 Å². The molecular formula is C18H25N3O5. The lowest BCUT2D eigenvalue weighted by atomic mass is 10.0. The van der Waals surface area contributed by atoms with Gasteiger partial charge in [-0.15, -0.1) is 0 Å². The number of rotatable bonds is 2. The van der Waals surface area contributed by atoms with Crippen molar-refractivity contribution in [2.24, 2.45) is 0 Å². The van der Waals surface area contributed by atoms with E-state index in [4.69, 9.17) is 4.74 Å². The SMILES string of the molecule is Cc1ccc([N+](=O)[O-])cc1C(=O)N1CCN(C(=O)OC(C)(C)C)C[C@H]1C. The molecule has 8 heteroatoms. The molecule has 1 atom stereocenters. The first kappa shape index (κ1) is 19.7. The highest BCUT2D eigenvalue weighted by Crippen LogP contribution is 2.22. The van der Waals surface area contributed by atoms with Crippen LogP contribution in [0.15, 0.2) is 18.2 Å². The Hall–Kier alpha value is -2.64. The molecule has 0 bridgehead atoms. The standard InChI is InChI=1S/C18H25N3O5/c1-12-6-7-14(21(24)25)10-15(12)16(22)20-9-8-19(11-13(20)2)17(23)26-18(3,4)5/h6-7,10,13H,8-9,11H2,1-5H3/t13-/m1/s1. The summed E-state index contributed by atoms with van der Waals surface area (Å²) in [4.78, 5) is 38.8. The molecule has 0 N–H and O–H groups in total. The number of nitro benzene ring substituents is 1. The largest absolute Gasteiger partial charge is 0.444 e. The van der Waals surface area contributed by atoms with Crippen LogP contribution in [-0.2, 0) is 4.74 Å². The molecule has 0 aromatic heterocycles. The highest BCUT2D eigenvalue weighted by Gasteiger charge is 2.33. The van der Waals surface area contributed by atoms with Gasteiger partial charge in [-0.25, -0.2) is 4.79 Å². The van der Waals surface area contributed by atoms with Gasteiger partial charge in [0, 0.05) is 43.4 Å². The highest BCUT2D eigenvalue weighted by atomic mass is 16.6. The molecule has 1 aromatic rings. The first-order chi connectivity index (χ1) is 12.0. The molecule has 0 unspecified atom stereocenters. The highest BCUT2D eigenvalue weighted by molar-refractivity contribution is 5.96. The number of amides is 2. The first-order valence-corrected chi connectivity index (χ1v) is 8.53. The number of nitrogens with zero attached hydrogens (tertiary/aromatic N) is 3. The monoisotopic (exact) mass is 363 g/mol. The molecule has 1 aliphatic heterocycles. The van der Waals surface area contributed by atoms with Crippen LogP contribution in [0.1, 0.15) is 43.6 Å². The van der Waals surface area contributed by atoms with Crippen molar-refractivity contribution in [2.75, 3.05) is 19.6 Å². The number of aryl methyl sites for hydroxylation is 1. The molecule has 1 saturated heterocycles. The summed E-state index contributed by atoms with van der Waals surface area (Å²) in [5, 5.41) is 11.0. The van der Waals surface area contributed by atoms with Gasteiger partial charge in [0.2, 0.25) is 0 Å². The molecule has 1 aromatic carbocycles. The zero-order chi connectivity index (χ0) is 19.6. The maximum absolute atomic E-state index is 12.9. The van der Waals surface area contributed by atoms with E-state index < -0.39 is 16.6 Å². The molecule has 0 aliphatic carbocycles. The molecule has 2 amide bonds. The normalized spacial score (nSPS) is 17.8. The van der Waals surface area contributed by atoms with E-state index in [0.717, 1.165) is 0 Å². The van der Waals surface area contributed by atoms with Crippen molar-refractivity contribution in [3.8, 4) is 0 Å². The van der Waals surface area contributed by atoms with Crippen molar-refractivity contribution >= 4 is 17.7 Å². The summed E-state index contributed by atoms with van der Waals surface area (Å²) >= 11 is 0. The van der Waals surface area contributed by atoms with Crippen molar-refractivity contribution in [1.82, 2.24) is 9.80 Å². The van der Waals surface area contributed by atoms with Gasteiger partial charge in [0.05, 0.1) is 4.92 Å². The molecule has 1 fully saturated rings. The lowest BCUT2D eigenvalue weighted by Gasteiger charge is -2.40. The van der Waals surface area contributed by atoms with Gasteiger partial charge in [-0.2, -0.15) is 0 Å². The van der Waals surface area contributed by atoms with Gasteiger partial charge in [0.25, 0.3) is 11.6 Å². The van der Waals surface area contributed by atoms with Crippen molar-refractivity contribution in [1.29, 1.82) is 0 Å². The number of hydrogen-bond donors (Lipinski definition) is 0. The Morgan fingerprint density at radius 2 is 1.92 bits per heavy atom. The molecular weight excluding hydrogens is 338 g/mol. The van der Waals surface area contributed by atoms with Crippen molar-refractivity contribution < 1.29 is 19.2 Å². The summed E-state index contributed by atoms with van der Waals surface area (Å²) in [6, 6.07) is 4.05. The van der Waals surface area contributed by atoms with Crippen LogP contribution >= 0.6 is 0 Å². The number of piperazine rings is 1. The second-order valence-electron chi connectivity index (χ2n) is 7.53. The van der Waals surface area contributed by atoms with Crippen LogP contribution in [0.25, 0.3) is 0 Å². The molecule has 0 spiro atoms. The Labute approximate surface area is 152 Å². The molecule has 2 rings (SSSR count). The van der Waals surface area contributed by atoms with E-state index in [2.05, 4.69) is 0 Å². The number of carbonyl (C=O) groups is 2. The number of nitro groups is 1. The molecule has 26 heavy (non-hydrogen) atoms. The predicted octanol–water partition coefficient (Wildman–Crippen LogP) is 2.98. The van der Waals surface area contributed by atoms with Gasteiger partial charge in [-0.05, 0) is 40.2 Å². The van der Waals surface area contributed by atoms with E-state index in [9.17, 15) is 19.7 Å². The number of non-ortho nitro benzene ring substituents is 1. The molecule has 8 nitrogen and oxygen atoms in total. The van der Waals surface area contributed by atoms with E-state index >= 15 is 0 Å². The van der Waals surface area contributed by atoms with Crippen LogP contribution in [0.2, 0.25) is 0 Å². The lowest BCUT2D eigenvalue weighted by molar-refractivity contribution is -0.384.